The third-order valence-electron chi connectivity index (χ3n) is 2.97. The highest BCUT2D eigenvalue weighted by Gasteiger charge is 2.19. The maximum absolute atomic E-state index is 11.5. The molecule has 94 valence electrons. The van der Waals surface area contributed by atoms with Crippen LogP contribution in [0.2, 0.25) is 0 Å². The Morgan fingerprint density at radius 1 is 1.31 bits per heavy atom. The molecular weight excluding hydrogens is 204 g/mol. The Kier molecular flexibility index (Phi) is 5.73. The van der Waals surface area contributed by atoms with Gasteiger partial charge >= 0.3 is 0 Å². The minimum Gasteiger partial charge on any atom is -0.354 e. The number of hydrogen-bond donors (Lipinski definition) is 2. The first kappa shape index (κ1) is 13.4. The van der Waals surface area contributed by atoms with Crippen LogP contribution < -0.4 is 11.1 Å². The quantitative estimate of drug-likeness (QED) is 0.639. The van der Waals surface area contributed by atoms with Gasteiger partial charge in [-0.1, -0.05) is 0 Å². The normalized spacial score (nSPS) is 19.0. The molecule has 0 aromatic carbocycles. The molecule has 1 heterocycles. The van der Waals surface area contributed by atoms with Crippen molar-refractivity contribution in [3.63, 3.8) is 0 Å². The number of nitrogens with one attached hydrogen (secondary N) is 1. The van der Waals surface area contributed by atoms with Crippen LogP contribution in [0.25, 0.3) is 0 Å². The molecule has 3 N–H and O–H groups in total. The lowest BCUT2D eigenvalue weighted by Gasteiger charge is -2.36. The summed E-state index contributed by atoms with van der Waals surface area (Å²) in [6, 6.07) is 0.605. The lowest BCUT2D eigenvalue weighted by atomic mass is 10.2. The average molecular weight is 228 g/mol. The fourth-order valence-corrected chi connectivity index (χ4v) is 1.91. The minimum absolute atomic E-state index is 0.0865. The van der Waals surface area contributed by atoms with Gasteiger partial charge in [0.15, 0.2) is 0 Å². The Hall–Kier alpha value is -0.650. The van der Waals surface area contributed by atoms with Gasteiger partial charge in [0.05, 0.1) is 6.54 Å². The summed E-state index contributed by atoms with van der Waals surface area (Å²) in [4.78, 5) is 16.1. The second kappa shape index (κ2) is 6.83. The topological polar surface area (TPSA) is 61.6 Å². The zero-order chi connectivity index (χ0) is 12.0. The molecule has 1 saturated heterocycles. The standard InChI is InChI=1S/C11H24N4O/c1-10(2)15-7-5-14(6-8-15)9-11(16)13-4-3-12/h10H,3-9,12H2,1-2H3,(H,13,16). The number of nitrogens with zero attached hydrogens (tertiary/aromatic N) is 2. The molecule has 16 heavy (non-hydrogen) atoms. The minimum atomic E-state index is 0.0865. The molecule has 0 unspecified atom stereocenters. The molecule has 1 rings (SSSR count). The Morgan fingerprint density at radius 3 is 2.44 bits per heavy atom. The zero-order valence-electron chi connectivity index (χ0n) is 10.4. The van der Waals surface area contributed by atoms with E-state index < -0.39 is 0 Å². The number of hydrogen-bond acceptors (Lipinski definition) is 4. The molecule has 0 aromatic rings. The van der Waals surface area contributed by atoms with Crippen LogP contribution in [0.4, 0.5) is 0 Å². The Morgan fingerprint density at radius 2 is 1.94 bits per heavy atom. The lowest BCUT2D eigenvalue weighted by molar-refractivity contribution is -0.122. The van der Waals surface area contributed by atoms with E-state index >= 15 is 0 Å². The average Bonchev–Trinajstić information content (AvgIpc) is 2.27. The SMILES string of the molecule is CC(C)N1CCN(CC(=O)NCCN)CC1. The summed E-state index contributed by atoms with van der Waals surface area (Å²) < 4.78 is 0. The molecular formula is C11H24N4O. The van der Waals surface area contributed by atoms with E-state index in [9.17, 15) is 4.79 Å². The van der Waals surface area contributed by atoms with Crippen LogP contribution in [0.3, 0.4) is 0 Å². The predicted octanol–water partition coefficient (Wildman–Crippen LogP) is -0.913. The summed E-state index contributed by atoms with van der Waals surface area (Å²) in [5.74, 6) is 0.0865. The first-order chi connectivity index (χ1) is 7.63. The Labute approximate surface area is 98.0 Å². The van der Waals surface area contributed by atoms with Crippen molar-refractivity contribution < 1.29 is 4.79 Å². The van der Waals surface area contributed by atoms with Crippen LogP contribution in [0.5, 0.6) is 0 Å². The third kappa shape index (κ3) is 4.47. The molecule has 0 saturated carbocycles. The molecule has 1 aliphatic rings. The molecule has 0 spiro atoms. The van der Waals surface area contributed by atoms with Crippen molar-refractivity contribution in [3.8, 4) is 0 Å². The van der Waals surface area contributed by atoms with Gasteiger partial charge in [0, 0.05) is 45.3 Å². The fourth-order valence-electron chi connectivity index (χ4n) is 1.91. The summed E-state index contributed by atoms with van der Waals surface area (Å²) in [6.07, 6.45) is 0. The second-order valence-corrected chi connectivity index (χ2v) is 4.54. The van der Waals surface area contributed by atoms with E-state index in [2.05, 4.69) is 29.0 Å². The first-order valence-corrected chi connectivity index (χ1v) is 6.06. The van der Waals surface area contributed by atoms with Crippen molar-refractivity contribution in [1.82, 2.24) is 15.1 Å². The molecule has 1 fully saturated rings. The summed E-state index contributed by atoms with van der Waals surface area (Å²) in [5, 5.41) is 2.79. The highest BCUT2D eigenvalue weighted by Crippen LogP contribution is 2.04. The largest absolute Gasteiger partial charge is 0.354 e. The summed E-state index contributed by atoms with van der Waals surface area (Å²) in [5.41, 5.74) is 5.33. The van der Waals surface area contributed by atoms with Gasteiger partial charge in [0.1, 0.15) is 0 Å². The Bertz CT molecular complexity index is 212. The second-order valence-electron chi connectivity index (χ2n) is 4.54. The number of rotatable bonds is 5. The molecule has 5 nitrogen and oxygen atoms in total. The van der Waals surface area contributed by atoms with E-state index in [0.29, 0.717) is 25.7 Å². The van der Waals surface area contributed by atoms with Gasteiger partial charge in [-0.2, -0.15) is 0 Å². The van der Waals surface area contributed by atoms with Gasteiger partial charge in [0.25, 0.3) is 0 Å². The van der Waals surface area contributed by atoms with Gasteiger partial charge in [0.2, 0.25) is 5.91 Å². The van der Waals surface area contributed by atoms with E-state index in [-0.39, 0.29) is 5.91 Å². The van der Waals surface area contributed by atoms with Crippen molar-refractivity contribution >= 4 is 5.91 Å². The lowest BCUT2D eigenvalue weighted by Crippen LogP contribution is -2.51. The highest BCUT2D eigenvalue weighted by molar-refractivity contribution is 5.78. The molecule has 1 amide bonds. The van der Waals surface area contributed by atoms with Crippen molar-refractivity contribution in [2.75, 3.05) is 45.8 Å². The Balaban J connectivity index is 2.19. The molecule has 1 aliphatic heterocycles. The number of carbonyl (C=O) groups is 1. The fraction of sp³-hybridized carbons (Fsp3) is 0.909. The molecule has 0 bridgehead atoms. The van der Waals surface area contributed by atoms with E-state index in [4.69, 9.17) is 5.73 Å². The van der Waals surface area contributed by atoms with Crippen LogP contribution in [0, 0.1) is 0 Å². The number of piperazine rings is 1. The number of carbonyl (C=O) groups excluding carboxylic acids is 1. The van der Waals surface area contributed by atoms with E-state index in [1.165, 1.54) is 0 Å². The first-order valence-electron chi connectivity index (χ1n) is 6.06. The van der Waals surface area contributed by atoms with Crippen molar-refractivity contribution in [3.05, 3.63) is 0 Å². The van der Waals surface area contributed by atoms with Gasteiger partial charge in [-0.3, -0.25) is 14.6 Å². The molecule has 0 aromatic heterocycles. The van der Waals surface area contributed by atoms with Gasteiger partial charge in [-0.15, -0.1) is 0 Å². The third-order valence-corrected chi connectivity index (χ3v) is 2.97. The summed E-state index contributed by atoms with van der Waals surface area (Å²) >= 11 is 0. The van der Waals surface area contributed by atoms with Gasteiger partial charge in [-0.05, 0) is 13.8 Å². The van der Waals surface area contributed by atoms with Crippen molar-refractivity contribution in [2.45, 2.75) is 19.9 Å². The van der Waals surface area contributed by atoms with E-state index in [1.54, 1.807) is 0 Å². The molecule has 5 heteroatoms. The maximum Gasteiger partial charge on any atom is 0.234 e. The molecule has 0 radical (unpaired) electrons. The number of amides is 1. The van der Waals surface area contributed by atoms with Crippen LogP contribution >= 0.6 is 0 Å². The van der Waals surface area contributed by atoms with E-state index in [1.807, 2.05) is 0 Å². The van der Waals surface area contributed by atoms with Crippen molar-refractivity contribution in [1.29, 1.82) is 0 Å². The van der Waals surface area contributed by atoms with Gasteiger partial charge in [-0.25, -0.2) is 0 Å². The van der Waals surface area contributed by atoms with Crippen LogP contribution in [-0.2, 0) is 4.79 Å². The zero-order valence-corrected chi connectivity index (χ0v) is 10.4. The van der Waals surface area contributed by atoms with E-state index in [0.717, 1.165) is 26.2 Å². The van der Waals surface area contributed by atoms with Crippen LogP contribution in [-0.4, -0.2) is 67.6 Å². The van der Waals surface area contributed by atoms with Gasteiger partial charge < -0.3 is 11.1 Å². The number of nitrogens with two attached hydrogens (primary N) is 1. The smallest absolute Gasteiger partial charge is 0.234 e. The predicted molar refractivity (Wildman–Crippen MR) is 65.2 cm³/mol. The summed E-state index contributed by atoms with van der Waals surface area (Å²) in [7, 11) is 0. The summed E-state index contributed by atoms with van der Waals surface area (Å²) in [6.45, 7) is 10.1. The highest BCUT2D eigenvalue weighted by atomic mass is 16.2. The molecule has 0 aliphatic carbocycles. The molecule has 0 atom stereocenters. The van der Waals surface area contributed by atoms with Crippen LogP contribution in [0.15, 0.2) is 0 Å². The maximum atomic E-state index is 11.5. The van der Waals surface area contributed by atoms with Crippen molar-refractivity contribution in [2.24, 2.45) is 5.73 Å². The van der Waals surface area contributed by atoms with Crippen LogP contribution in [0.1, 0.15) is 13.8 Å². The monoisotopic (exact) mass is 228 g/mol.